The molecule has 1 heterocycles. The third kappa shape index (κ3) is 3.83. The summed E-state index contributed by atoms with van der Waals surface area (Å²) in [4.78, 5) is 1.41. The molecule has 0 saturated heterocycles. The zero-order chi connectivity index (χ0) is 13.0. The van der Waals surface area contributed by atoms with Crippen LogP contribution in [0.3, 0.4) is 0 Å². The smallest absolute Gasteiger partial charge is 0.0651 e. The van der Waals surface area contributed by atoms with Crippen molar-refractivity contribution in [3.05, 3.63) is 22.4 Å². The normalized spacial score (nSPS) is 29.4. The maximum atomic E-state index is 10.8. The van der Waals surface area contributed by atoms with Crippen LogP contribution in [0.1, 0.15) is 57.2 Å². The van der Waals surface area contributed by atoms with Gasteiger partial charge in [0.1, 0.15) is 0 Å². The standard InChI is InChI=1S/C16H26OS/c1-13(2)14-5-3-9-16(17,10-7-14)11-8-15-6-4-12-18-15/h4,6,12-14,17H,3,5,7-11H2,1-2H3. The summed E-state index contributed by atoms with van der Waals surface area (Å²) in [6.07, 6.45) is 7.70. The maximum absolute atomic E-state index is 10.8. The molecule has 0 aliphatic heterocycles. The first-order valence-corrected chi connectivity index (χ1v) is 8.22. The fourth-order valence-corrected chi connectivity index (χ4v) is 3.85. The van der Waals surface area contributed by atoms with Crippen LogP contribution in [0, 0.1) is 11.8 Å². The highest BCUT2D eigenvalue weighted by atomic mass is 32.1. The SMILES string of the molecule is CC(C)C1CCCC(O)(CCc2cccs2)CC1. The topological polar surface area (TPSA) is 20.2 Å². The first kappa shape index (κ1) is 14.1. The Morgan fingerprint density at radius 2 is 2.22 bits per heavy atom. The van der Waals surface area contributed by atoms with Gasteiger partial charge < -0.3 is 5.11 Å². The van der Waals surface area contributed by atoms with Gasteiger partial charge in [-0.05, 0) is 55.4 Å². The lowest BCUT2D eigenvalue weighted by atomic mass is 9.86. The fraction of sp³-hybridized carbons (Fsp3) is 0.750. The van der Waals surface area contributed by atoms with E-state index >= 15 is 0 Å². The van der Waals surface area contributed by atoms with Gasteiger partial charge in [-0.25, -0.2) is 0 Å². The molecule has 2 rings (SSSR count). The number of rotatable bonds is 4. The van der Waals surface area contributed by atoms with Crippen LogP contribution in [0.5, 0.6) is 0 Å². The van der Waals surface area contributed by atoms with Crippen LogP contribution in [0.2, 0.25) is 0 Å². The van der Waals surface area contributed by atoms with Crippen LogP contribution in [-0.2, 0) is 6.42 Å². The van der Waals surface area contributed by atoms with Crippen LogP contribution < -0.4 is 0 Å². The van der Waals surface area contributed by atoms with Gasteiger partial charge in [-0.15, -0.1) is 11.3 Å². The van der Waals surface area contributed by atoms with Crippen molar-refractivity contribution >= 4 is 11.3 Å². The second-order valence-electron chi connectivity index (χ2n) is 6.24. The summed E-state index contributed by atoms with van der Waals surface area (Å²) in [6, 6.07) is 4.29. The average molecular weight is 266 g/mol. The molecule has 1 aromatic heterocycles. The molecule has 0 bridgehead atoms. The molecule has 0 aromatic carbocycles. The molecule has 0 spiro atoms. The molecular weight excluding hydrogens is 240 g/mol. The minimum atomic E-state index is -0.395. The van der Waals surface area contributed by atoms with E-state index < -0.39 is 5.60 Å². The minimum Gasteiger partial charge on any atom is -0.390 e. The Balaban J connectivity index is 1.86. The van der Waals surface area contributed by atoms with Crippen LogP contribution in [0.25, 0.3) is 0 Å². The van der Waals surface area contributed by atoms with Crippen molar-refractivity contribution < 1.29 is 5.11 Å². The molecule has 2 heteroatoms. The average Bonchev–Trinajstić information content (AvgIpc) is 2.76. The number of aryl methyl sites for hydroxylation is 1. The minimum absolute atomic E-state index is 0.395. The largest absolute Gasteiger partial charge is 0.390 e. The van der Waals surface area contributed by atoms with Gasteiger partial charge in [-0.1, -0.05) is 32.8 Å². The Bertz CT molecular complexity index is 344. The summed E-state index contributed by atoms with van der Waals surface area (Å²) >= 11 is 1.81. The number of thiophene rings is 1. The van der Waals surface area contributed by atoms with Gasteiger partial charge in [-0.3, -0.25) is 0 Å². The molecule has 0 amide bonds. The van der Waals surface area contributed by atoms with E-state index in [9.17, 15) is 5.11 Å². The van der Waals surface area contributed by atoms with E-state index in [4.69, 9.17) is 0 Å². The summed E-state index contributed by atoms with van der Waals surface area (Å²) in [5, 5.41) is 12.9. The van der Waals surface area contributed by atoms with E-state index in [-0.39, 0.29) is 0 Å². The molecular formula is C16H26OS. The molecule has 18 heavy (non-hydrogen) atoms. The van der Waals surface area contributed by atoms with Crippen molar-refractivity contribution in [3.8, 4) is 0 Å². The Morgan fingerprint density at radius 3 is 2.89 bits per heavy atom. The Labute approximate surface area is 115 Å². The molecule has 1 N–H and O–H groups in total. The van der Waals surface area contributed by atoms with Gasteiger partial charge >= 0.3 is 0 Å². The number of aliphatic hydroxyl groups is 1. The summed E-state index contributed by atoms with van der Waals surface area (Å²) in [6.45, 7) is 4.64. The zero-order valence-corrected chi connectivity index (χ0v) is 12.5. The zero-order valence-electron chi connectivity index (χ0n) is 11.7. The molecule has 1 nitrogen and oxygen atoms in total. The molecule has 0 radical (unpaired) electrons. The molecule has 1 aliphatic rings. The molecule has 1 fully saturated rings. The van der Waals surface area contributed by atoms with Crippen molar-refractivity contribution in [2.45, 2.75) is 64.4 Å². The van der Waals surface area contributed by atoms with Crippen LogP contribution in [-0.4, -0.2) is 10.7 Å². The third-order valence-electron chi connectivity index (χ3n) is 4.56. The number of hydrogen-bond donors (Lipinski definition) is 1. The quantitative estimate of drug-likeness (QED) is 0.787. The molecule has 2 atom stereocenters. The molecule has 1 aliphatic carbocycles. The second-order valence-corrected chi connectivity index (χ2v) is 7.27. The lowest BCUT2D eigenvalue weighted by molar-refractivity contribution is 0.0154. The lowest BCUT2D eigenvalue weighted by Crippen LogP contribution is -2.28. The van der Waals surface area contributed by atoms with Gasteiger partial charge in [-0.2, -0.15) is 0 Å². The lowest BCUT2D eigenvalue weighted by Gasteiger charge is -2.27. The highest BCUT2D eigenvalue weighted by Crippen LogP contribution is 2.36. The van der Waals surface area contributed by atoms with Crippen molar-refractivity contribution in [1.82, 2.24) is 0 Å². The summed E-state index contributed by atoms with van der Waals surface area (Å²) < 4.78 is 0. The summed E-state index contributed by atoms with van der Waals surface area (Å²) in [7, 11) is 0. The fourth-order valence-electron chi connectivity index (χ4n) is 3.14. The predicted molar refractivity (Wildman–Crippen MR) is 79.0 cm³/mol. The van der Waals surface area contributed by atoms with E-state index in [2.05, 4.69) is 31.4 Å². The van der Waals surface area contributed by atoms with Crippen molar-refractivity contribution in [1.29, 1.82) is 0 Å². The van der Waals surface area contributed by atoms with Crippen molar-refractivity contribution in [3.63, 3.8) is 0 Å². The van der Waals surface area contributed by atoms with Gasteiger partial charge in [0.25, 0.3) is 0 Å². The van der Waals surface area contributed by atoms with Crippen LogP contribution in [0.15, 0.2) is 17.5 Å². The predicted octanol–water partition coefficient (Wildman–Crippen LogP) is 4.65. The van der Waals surface area contributed by atoms with E-state index in [1.165, 1.54) is 24.1 Å². The van der Waals surface area contributed by atoms with Crippen LogP contribution >= 0.6 is 11.3 Å². The monoisotopic (exact) mass is 266 g/mol. The van der Waals surface area contributed by atoms with Crippen molar-refractivity contribution in [2.24, 2.45) is 11.8 Å². The number of hydrogen-bond acceptors (Lipinski definition) is 2. The Morgan fingerprint density at radius 1 is 1.39 bits per heavy atom. The molecule has 102 valence electrons. The molecule has 1 aromatic rings. The van der Waals surface area contributed by atoms with E-state index in [0.717, 1.165) is 37.5 Å². The van der Waals surface area contributed by atoms with Gasteiger partial charge in [0.15, 0.2) is 0 Å². The Hall–Kier alpha value is -0.340. The summed E-state index contributed by atoms with van der Waals surface area (Å²) in [5.41, 5.74) is -0.395. The van der Waals surface area contributed by atoms with Crippen LogP contribution in [0.4, 0.5) is 0 Å². The van der Waals surface area contributed by atoms with E-state index in [0.29, 0.717) is 0 Å². The first-order chi connectivity index (χ1) is 8.59. The Kier molecular flexibility index (Phi) is 4.85. The third-order valence-corrected chi connectivity index (χ3v) is 5.49. The van der Waals surface area contributed by atoms with Gasteiger partial charge in [0.05, 0.1) is 5.60 Å². The van der Waals surface area contributed by atoms with E-state index in [1.54, 1.807) is 0 Å². The highest BCUT2D eigenvalue weighted by Gasteiger charge is 2.31. The van der Waals surface area contributed by atoms with E-state index in [1.807, 2.05) is 11.3 Å². The molecule has 2 unspecified atom stereocenters. The highest BCUT2D eigenvalue weighted by molar-refractivity contribution is 7.09. The second kappa shape index (κ2) is 6.21. The maximum Gasteiger partial charge on any atom is 0.0651 e. The first-order valence-electron chi connectivity index (χ1n) is 7.34. The van der Waals surface area contributed by atoms with Crippen molar-refractivity contribution in [2.75, 3.05) is 0 Å². The molecule has 1 saturated carbocycles. The van der Waals surface area contributed by atoms with Gasteiger partial charge in [0, 0.05) is 4.88 Å². The van der Waals surface area contributed by atoms with Gasteiger partial charge in [0.2, 0.25) is 0 Å². The summed E-state index contributed by atoms with van der Waals surface area (Å²) in [5.74, 6) is 1.59.